The molecule has 1 aromatic carbocycles. The molecular weight excluding hydrogens is 290 g/mol. The van der Waals surface area contributed by atoms with E-state index in [-0.39, 0.29) is 5.91 Å². The average Bonchev–Trinajstić information content (AvgIpc) is 2.35. The second kappa shape index (κ2) is 7.57. The predicted molar refractivity (Wildman–Crippen MR) is 80.3 cm³/mol. The van der Waals surface area contributed by atoms with Gasteiger partial charge < -0.3 is 4.90 Å². The van der Waals surface area contributed by atoms with Gasteiger partial charge in [0.15, 0.2) is 0 Å². The Hall–Kier alpha value is -0.830. The number of hydrogen-bond acceptors (Lipinski definition) is 1. The Kier molecular flexibility index (Phi) is 6.41. The van der Waals surface area contributed by atoms with Crippen LogP contribution < -0.4 is 0 Å². The minimum absolute atomic E-state index is 0.224. The van der Waals surface area contributed by atoms with E-state index in [1.807, 2.05) is 11.8 Å². The van der Waals surface area contributed by atoms with Crippen molar-refractivity contribution in [2.24, 2.45) is 0 Å². The van der Waals surface area contributed by atoms with Crippen molar-refractivity contribution in [2.75, 3.05) is 18.4 Å². The van der Waals surface area contributed by atoms with Crippen molar-refractivity contribution in [2.45, 2.75) is 33.6 Å². The van der Waals surface area contributed by atoms with E-state index in [4.69, 9.17) is 0 Å². The molecule has 100 valence electrons. The molecule has 0 atom stereocenters. The molecule has 1 amide bonds. The van der Waals surface area contributed by atoms with Crippen LogP contribution in [0.4, 0.5) is 0 Å². The molecule has 0 fully saturated rings. The highest BCUT2D eigenvalue weighted by Crippen LogP contribution is 2.11. The molecule has 0 saturated carbocycles. The van der Waals surface area contributed by atoms with Crippen LogP contribution >= 0.6 is 15.9 Å². The Balaban J connectivity index is 2.64. The van der Waals surface area contributed by atoms with E-state index in [0.29, 0.717) is 6.42 Å². The molecule has 1 aromatic rings. The number of aryl methyl sites for hydroxylation is 2. The van der Waals surface area contributed by atoms with Gasteiger partial charge in [0.25, 0.3) is 0 Å². The second-order valence-electron chi connectivity index (χ2n) is 4.61. The zero-order valence-corrected chi connectivity index (χ0v) is 13.1. The number of alkyl halides is 1. The molecule has 3 heteroatoms. The molecule has 0 radical (unpaired) electrons. The maximum absolute atomic E-state index is 12.2. The van der Waals surface area contributed by atoms with Crippen LogP contribution in [0, 0.1) is 13.8 Å². The summed E-state index contributed by atoms with van der Waals surface area (Å²) >= 11 is 3.40. The van der Waals surface area contributed by atoms with Gasteiger partial charge in [0.05, 0.1) is 6.42 Å². The molecule has 0 aliphatic rings. The third-order valence-corrected chi connectivity index (χ3v) is 3.78. The highest BCUT2D eigenvalue weighted by molar-refractivity contribution is 9.09. The number of benzene rings is 1. The lowest BCUT2D eigenvalue weighted by Gasteiger charge is -2.20. The molecule has 0 unspecified atom stereocenters. The van der Waals surface area contributed by atoms with Crippen LogP contribution in [0.5, 0.6) is 0 Å². The van der Waals surface area contributed by atoms with Crippen LogP contribution in [0.25, 0.3) is 0 Å². The first-order chi connectivity index (χ1) is 8.58. The number of hydrogen-bond donors (Lipinski definition) is 0. The molecule has 0 aromatic heterocycles. The first kappa shape index (κ1) is 15.2. The number of halogens is 1. The summed E-state index contributed by atoms with van der Waals surface area (Å²) in [7, 11) is 0. The summed E-state index contributed by atoms with van der Waals surface area (Å²) in [5, 5.41) is 0.945. The van der Waals surface area contributed by atoms with Crippen molar-refractivity contribution < 1.29 is 4.79 Å². The van der Waals surface area contributed by atoms with Gasteiger partial charge in [-0.25, -0.2) is 0 Å². The van der Waals surface area contributed by atoms with Gasteiger partial charge in [0.2, 0.25) is 5.91 Å². The number of amides is 1. The monoisotopic (exact) mass is 311 g/mol. The van der Waals surface area contributed by atoms with E-state index >= 15 is 0 Å². The van der Waals surface area contributed by atoms with E-state index in [1.165, 1.54) is 11.1 Å². The smallest absolute Gasteiger partial charge is 0.226 e. The highest BCUT2D eigenvalue weighted by Gasteiger charge is 2.11. The van der Waals surface area contributed by atoms with Crippen molar-refractivity contribution in [1.29, 1.82) is 0 Å². The minimum atomic E-state index is 0.224. The van der Waals surface area contributed by atoms with Crippen molar-refractivity contribution in [3.05, 3.63) is 34.9 Å². The number of nitrogens with zero attached hydrogens (tertiary/aromatic N) is 1. The molecule has 18 heavy (non-hydrogen) atoms. The molecule has 0 bridgehead atoms. The van der Waals surface area contributed by atoms with Gasteiger partial charge >= 0.3 is 0 Å². The summed E-state index contributed by atoms with van der Waals surface area (Å²) in [5.41, 5.74) is 3.64. The van der Waals surface area contributed by atoms with Crippen LogP contribution in [0.2, 0.25) is 0 Å². The summed E-state index contributed by atoms with van der Waals surface area (Å²) in [6.45, 7) is 7.84. The topological polar surface area (TPSA) is 20.3 Å². The summed E-state index contributed by atoms with van der Waals surface area (Å²) < 4.78 is 0. The van der Waals surface area contributed by atoms with Gasteiger partial charge in [0.1, 0.15) is 0 Å². The Morgan fingerprint density at radius 1 is 1.28 bits per heavy atom. The third-order valence-electron chi connectivity index (χ3n) is 3.22. The van der Waals surface area contributed by atoms with Crippen LogP contribution in [0.3, 0.4) is 0 Å². The molecule has 0 aliphatic carbocycles. The van der Waals surface area contributed by atoms with Gasteiger partial charge in [-0.05, 0) is 43.9 Å². The molecule has 0 N–H and O–H groups in total. The molecule has 0 heterocycles. The maximum atomic E-state index is 12.2. The average molecular weight is 312 g/mol. The van der Waals surface area contributed by atoms with Gasteiger partial charge in [-0.1, -0.05) is 34.1 Å². The van der Waals surface area contributed by atoms with E-state index < -0.39 is 0 Å². The Morgan fingerprint density at radius 2 is 2.00 bits per heavy atom. The van der Waals surface area contributed by atoms with Gasteiger partial charge in [0, 0.05) is 18.4 Å². The molecule has 1 rings (SSSR count). The fourth-order valence-electron chi connectivity index (χ4n) is 1.91. The van der Waals surface area contributed by atoms with Crippen molar-refractivity contribution in [3.63, 3.8) is 0 Å². The quantitative estimate of drug-likeness (QED) is 0.737. The molecule has 0 aliphatic heterocycles. The standard InChI is InChI=1S/C15H22BrNO/c1-4-17(9-5-8-16)15(18)11-14-7-6-12(2)13(3)10-14/h6-7,10H,4-5,8-9,11H2,1-3H3. The highest BCUT2D eigenvalue weighted by atomic mass is 79.9. The zero-order chi connectivity index (χ0) is 13.5. The van der Waals surface area contributed by atoms with E-state index in [1.54, 1.807) is 0 Å². The largest absolute Gasteiger partial charge is 0.343 e. The van der Waals surface area contributed by atoms with Crippen molar-refractivity contribution >= 4 is 21.8 Å². The number of rotatable bonds is 6. The van der Waals surface area contributed by atoms with Gasteiger partial charge in [-0.2, -0.15) is 0 Å². The summed E-state index contributed by atoms with van der Waals surface area (Å²) in [4.78, 5) is 14.1. The summed E-state index contributed by atoms with van der Waals surface area (Å²) in [6.07, 6.45) is 1.52. The lowest BCUT2D eigenvalue weighted by atomic mass is 10.0. The fourth-order valence-corrected chi connectivity index (χ4v) is 2.16. The van der Waals surface area contributed by atoms with Crippen molar-refractivity contribution in [1.82, 2.24) is 4.90 Å². The zero-order valence-electron chi connectivity index (χ0n) is 11.5. The Bertz CT molecular complexity index is 403. The van der Waals surface area contributed by atoms with Crippen molar-refractivity contribution in [3.8, 4) is 0 Å². The SMILES string of the molecule is CCN(CCCBr)C(=O)Cc1ccc(C)c(C)c1. The fraction of sp³-hybridized carbons (Fsp3) is 0.533. The lowest BCUT2D eigenvalue weighted by Crippen LogP contribution is -2.33. The van der Waals surface area contributed by atoms with E-state index in [2.05, 4.69) is 48.0 Å². The summed E-state index contributed by atoms with van der Waals surface area (Å²) in [5.74, 6) is 0.224. The Labute approximate surface area is 119 Å². The van der Waals surface area contributed by atoms with Crippen LogP contribution in [0.15, 0.2) is 18.2 Å². The molecular formula is C15H22BrNO. The van der Waals surface area contributed by atoms with E-state index in [9.17, 15) is 4.79 Å². The predicted octanol–water partition coefficient (Wildman–Crippen LogP) is 3.48. The van der Waals surface area contributed by atoms with Gasteiger partial charge in [-0.3, -0.25) is 4.79 Å². The van der Waals surface area contributed by atoms with Crippen LogP contribution in [-0.2, 0) is 11.2 Å². The first-order valence-corrected chi connectivity index (χ1v) is 7.60. The number of carbonyl (C=O) groups excluding carboxylic acids is 1. The van der Waals surface area contributed by atoms with Crippen LogP contribution in [-0.4, -0.2) is 29.2 Å². The third kappa shape index (κ3) is 4.45. The van der Waals surface area contributed by atoms with E-state index in [0.717, 1.165) is 30.4 Å². The first-order valence-electron chi connectivity index (χ1n) is 6.48. The van der Waals surface area contributed by atoms with Crippen LogP contribution in [0.1, 0.15) is 30.0 Å². The normalized spacial score (nSPS) is 10.4. The molecule has 0 spiro atoms. The second-order valence-corrected chi connectivity index (χ2v) is 5.40. The minimum Gasteiger partial charge on any atom is -0.343 e. The Morgan fingerprint density at radius 3 is 2.56 bits per heavy atom. The van der Waals surface area contributed by atoms with Gasteiger partial charge in [-0.15, -0.1) is 0 Å². The maximum Gasteiger partial charge on any atom is 0.226 e. The number of carbonyl (C=O) groups is 1. The number of likely N-dealkylation sites (N-methyl/N-ethyl adjacent to an activating group) is 1. The lowest BCUT2D eigenvalue weighted by molar-refractivity contribution is -0.130. The summed E-state index contributed by atoms with van der Waals surface area (Å²) in [6, 6.07) is 6.26. The molecule has 0 saturated heterocycles. The molecule has 2 nitrogen and oxygen atoms in total.